The zero-order chi connectivity index (χ0) is 11.6. The van der Waals surface area contributed by atoms with Crippen LogP contribution in [0.4, 0.5) is 0 Å². The van der Waals surface area contributed by atoms with Gasteiger partial charge in [0.25, 0.3) is 0 Å². The summed E-state index contributed by atoms with van der Waals surface area (Å²) in [5, 5.41) is 0. The molecule has 15 heavy (non-hydrogen) atoms. The molecule has 0 aliphatic carbocycles. The highest BCUT2D eigenvalue weighted by atomic mass is 79.9. The molecule has 82 valence electrons. The number of benzene rings is 1. The molecular weight excluding hydrogens is 260 g/mol. The maximum absolute atomic E-state index is 11.4. The van der Waals surface area contributed by atoms with Gasteiger partial charge in [-0.1, -0.05) is 0 Å². The van der Waals surface area contributed by atoms with Crippen LogP contribution in [0.1, 0.15) is 22.8 Å². The minimum atomic E-state index is -0.0293. The second-order valence-electron chi connectivity index (χ2n) is 3.15. The fourth-order valence-electron chi connectivity index (χ4n) is 1.52. The number of carbonyl (C=O) groups is 1. The fraction of sp³-hybridized carbons (Fsp3) is 0.364. The summed E-state index contributed by atoms with van der Waals surface area (Å²) in [7, 11) is 3.13. The van der Waals surface area contributed by atoms with Gasteiger partial charge in [0.2, 0.25) is 0 Å². The SMILES string of the molecule is COc1c(Br)cc(C(C)=O)c(OC)c1C. The Kier molecular flexibility index (Phi) is 3.74. The molecule has 3 nitrogen and oxygen atoms in total. The first kappa shape index (κ1) is 12.0. The number of halogens is 1. The zero-order valence-corrected chi connectivity index (χ0v) is 10.8. The first-order valence-corrected chi connectivity index (χ1v) is 5.24. The number of carbonyl (C=O) groups excluding carboxylic acids is 1. The second-order valence-corrected chi connectivity index (χ2v) is 4.01. The Morgan fingerprint density at radius 1 is 1.27 bits per heavy atom. The standard InChI is InChI=1S/C11H13BrO3/c1-6-10(14-3)8(7(2)13)5-9(12)11(6)15-4/h5H,1-4H3. The molecule has 0 atom stereocenters. The first-order chi connectivity index (χ1) is 7.02. The van der Waals surface area contributed by atoms with Crippen LogP contribution in [0.3, 0.4) is 0 Å². The van der Waals surface area contributed by atoms with Gasteiger partial charge in [-0.05, 0) is 35.8 Å². The van der Waals surface area contributed by atoms with Crippen molar-refractivity contribution in [2.24, 2.45) is 0 Å². The van der Waals surface area contributed by atoms with Crippen molar-refractivity contribution in [1.29, 1.82) is 0 Å². The number of ether oxygens (including phenoxy) is 2. The summed E-state index contributed by atoms with van der Waals surface area (Å²) < 4.78 is 11.2. The molecule has 0 radical (unpaired) electrons. The van der Waals surface area contributed by atoms with Crippen molar-refractivity contribution < 1.29 is 14.3 Å². The number of rotatable bonds is 3. The molecule has 0 aliphatic heterocycles. The molecule has 0 spiro atoms. The summed E-state index contributed by atoms with van der Waals surface area (Å²) in [5.41, 5.74) is 1.38. The maximum Gasteiger partial charge on any atom is 0.163 e. The van der Waals surface area contributed by atoms with Crippen molar-refractivity contribution in [3.8, 4) is 11.5 Å². The van der Waals surface area contributed by atoms with Gasteiger partial charge in [0.1, 0.15) is 11.5 Å². The summed E-state index contributed by atoms with van der Waals surface area (Å²) in [6.07, 6.45) is 0. The minimum Gasteiger partial charge on any atom is -0.496 e. The van der Waals surface area contributed by atoms with Crippen molar-refractivity contribution >= 4 is 21.7 Å². The fourth-order valence-corrected chi connectivity index (χ4v) is 2.21. The molecular formula is C11H13BrO3. The Bertz CT molecular complexity index is 399. The lowest BCUT2D eigenvalue weighted by Gasteiger charge is -2.14. The summed E-state index contributed by atoms with van der Waals surface area (Å²) >= 11 is 3.36. The largest absolute Gasteiger partial charge is 0.496 e. The molecule has 0 bridgehead atoms. The molecule has 0 fully saturated rings. The van der Waals surface area contributed by atoms with E-state index in [1.54, 1.807) is 20.3 Å². The zero-order valence-electron chi connectivity index (χ0n) is 9.18. The van der Waals surface area contributed by atoms with Crippen LogP contribution < -0.4 is 9.47 Å². The second kappa shape index (κ2) is 4.66. The van der Waals surface area contributed by atoms with Gasteiger partial charge in [0.05, 0.1) is 24.3 Å². The molecule has 1 aromatic rings. The van der Waals surface area contributed by atoms with Gasteiger partial charge in [-0.3, -0.25) is 4.79 Å². The Hall–Kier alpha value is -1.03. The van der Waals surface area contributed by atoms with E-state index in [1.807, 2.05) is 6.92 Å². The van der Waals surface area contributed by atoms with Crippen LogP contribution in [0, 0.1) is 6.92 Å². The summed E-state index contributed by atoms with van der Waals surface area (Å²) in [6.45, 7) is 3.37. The van der Waals surface area contributed by atoms with Crippen LogP contribution in [0.2, 0.25) is 0 Å². The van der Waals surface area contributed by atoms with Crippen LogP contribution in [0.15, 0.2) is 10.5 Å². The average molecular weight is 273 g/mol. The van der Waals surface area contributed by atoms with E-state index in [0.717, 1.165) is 10.0 Å². The summed E-state index contributed by atoms with van der Waals surface area (Å²) in [5.74, 6) is 1.23. The summed E-state index contributed by atoms with van der Waals surface area (Å²) in [6, 6.07) is 1.72. The smallest absolute Gasteiger partial charge is 0.163 e. The van der Waals surface area contributed by atoms with Crippen LogP contribution in [-0.2, 0) is 0 Å². The summed E-state index contributed by atoms with van der Waals surface area (Å²) in [4.78, 5) is 11.4. The van der Waals surface area contributed by atoms with E-state index in [4.69, 9.17) is 9.47 Å². The van der Waals surface area contributed by atoms with Crippen LogP contribution in [-0.4, -0.2) is 20.0 Å². The predicted molar refractivity (Wildman–Crippen MR) is 62.0 cm³/mol. The van der Waals surface area contributed by atoms with Gasteiger partial charge < -0.3 is 9.47 Å². The number of methoxy groups -OCH3 is 2. The van der Waals surface area contributed by atoms with Crippen molar-refractivity contribution in [2.45, 2.75) is 13.8 Å². The molecule has 0 unspecified atom stereocenters. The highest BCUT2D eigenvalue weighted by Crippen LogP contribution is 2.38. The molecule has 1 rings (SSSR count). The van der Waals surface area contributed by atoms with Crippen LogP contribution in [0.25, 0.3) is 0 Å². The molecule has 4 heteroatoms. The third-order valence-electron chi connectivity index (χ3n) is 2.20. The van der Waals surface area contributed by atoms with Crippen molar-refractivity contribution in [2.75, 3.05) is 14.2 Å². The number of hydrogen-bond acceptors (Lipinski definition) is 3. The number of Topliss-reactive ketones (excluding diaryl/α,β-unsaturated/α-hetero) is 1. The molecule has 0 amide bonds. The average Bonchev–Trinajstić information content (AvgIpc) is 2.17. The van der Waals surface area contributed by atoms with Gasteiger partial charge in [-0.25, -0.2) is 0 Å². The predicted octanol–water partition coefficient (Wildman–Crippen LogP) is 2.98. The molecule has 0 heterocycles. The lowest BCUT2D eigenvalue weighted by Crippen LogP contribution is -2.02. The van der Waals surface area contributed by atoms with E-state index in [0.29, 0.717) is 17.1 Å². The van der Waals surface area contributed by atoms with Crippen LogP contribution in [0.5, 0.6) is 11.5 Å². The maximum atomic E-state index is 11.4. The molecule has 0 saturated heterocycles. The molecule has 0 aromatic heterocycles. The van der Waals surface area contributed by atoms with Gasteiger partial charge in [-0.15, -0.1) is 0 Å². The number of hydrogen-bond donors (Lipinski definition) is 0. The van der Waals surface area contributed by atoms with Crippen molar-refractivity contribution in [3.05, 3.63) is 21.7 Å². The Balaban J connectivity index is 3.51. The normalized spacial score (nSPS) is 9.93. The van der Waals surface area contributed by atoms with E-state index in [-0.39, 0.29) is 5.78 Å². The highest BCUT2D eigenvalue weighted by molar-refractivity contribution is 9.10. The third-order valence-corrected chi connectivity index (χ3v) is 2.79. The molecule has 0 saturated carbocycles. The number of ketones is 1. The van der Waals surface area contributed by atoms with E-state index >= 15 is 0 Å². The molecule has 0 N–H and O–H groups in total. The minimum absolute atomic E-state index is 0.0293. The van der Waals surface area contributed by atoms with Gasteiger partial charge in [0.15, 0.2) is 5.78 Å². The van der Waals surface area contributed by atoms with E-state index in [9.17, 15) is 4.79 Å². The van der Waals surface area contributed by atoms with E-state index in [2.05, 4.69) is 15.9 Å². The monoisotopic (exact) mass is 272 g/mol. The molecule has 0 aliphatic rings. The lowest BCUT2D eigenvalue weighted by atomic mass is 10.1. The Labute approximate surface area is 97.5 Å². The van der Waals surface area contributed by atoms with E-state index in [1.165, 1.54) is 6.92 Å². The van der Waals surface area contributed by atoms with E-state index < -0.39 is 0 Å². The Morgan fingerprint density at radius 3 is 2.20 bits per heavy atom. The topological polar surface area (TPSA) is 35.5 Å². The Morgan fingerprint density at radius 2 is 1.80 bits per heavy atom. The molecule has 1 aromatic carbocycles. The lowest BCUT2D eigenvalue weighted by molar-refractivity contribution is 0.101. The van der Waals surface area contributed by atoms with Crippen LogP contribution >= 0.6 is 15.9 Å². The van der Waals surface area contributed by atoms with Gasteiger partial charge in [0, 0.05) is 5.56 Å². The third kappa shape index (κ3) is 2.15. The van der Waals surface area contributed by atoms with Gasteiger partial charge in [-0.2, -0.15) is 0 Å². The quantitative estimate of drug-likeness (QED) is 0.794. The highest BCUT2D eigenvalue weighted by Gasteiger charge is 2.17. The van der Waals surface area contributed by atoms with Gasteiger partial charge >= 0.3 is 0 Å². The van der Waals surface area contributed by atoms with Crippen molar-refractivity contribution in [3.63, 3.8) is 0 Å². The first-order valence-electron chi connectivity index (χ1n) is 4.45. The van der Waals surface area contributed by atoms with Crippen molar-refractivity contribution in [1.82, 2.24) is 0 Å².